The van der Waals surface area contributed by atoms with E-state index in [1.807, 2.05) is 0 Å². The lowest BCUT2D eigenvalue weighted by molar-refractivity contribution is -0.125. The molecule has 0 spiro atoms. The number of sulfonamides is 1. The van der Waals surface area contributed by atoms with Gasteiger partial charge in [0.15, 0.2) is 0 Å². The molecule has 4 aromatic rings. The van der Waals surface area contributed by atoms with Crippen molar-refractivity contribution >= 4 is 44.1 Å². The Kier molecular flexibility index (Phi) is 7.62. The smallest absolute Gasteiger partial charge is 0.270 e. The van der Waals surface area contributed by atoms with Gasteiger partial charge in [0.25, 0.3) is 21.5 Å². The second kappa shape index (κ2) is 10.9. The van der Waals surface area contributed by atoms with Crippen LogP contribution in [0.25, 0.3) is 22.0 Å². The van der Waals surface area contributed by atoms with E-state index < -0.39 is 51.6 Å². The highest BCUT2D eigenvalue weighted by atomic mass is 35.5. The largest absolute Gasteiger partial charge is 0.480 e. The number of alkyl halides is 2. The first-order chi connectivity index (χ1) is 19.8. The maximum atomic E-state index is 13.5. The van der Waals surface area contributed by atoms with Crippen molar-refractivity contribution in [3.05, 3.63) is 76.2 Å². The molecule has 0 saturated heterocycles. The number of anilines is 1. The Morgan fingerprint density at radius 2 is 1.93 bits per heavy atom. The summed E-state index contributed by atoms with van der Waals surface area (Å²) in [5, 5.41) is 2.17. The van der Waals surface area contributed by atoms with Crippen molar-refractivity contribution in [2.45, 2.75) is 36.7 Å². The highest BCUT2D eigenvalue weighted by molar-refractivity contribution is 7.92. The van der Waals surface area contributed by atoms with E-state index >= 15 is 0 Å². The molecule has 220 valence electrons. The standard InChI is InChI=1S/C27H23ClF3N5O5S/c1-14(24(37)34-23-10-27(23,30)31)12-36-13-33-20-5-3-15(7-18(20)26(36)38)16-8-21(25(41-2)32-11-16)35-42(39,40)22-6-4-17(29)9-19(22)28/h3-9,11,13-14,23,35H,10,12H2,1-2H3,(H,34,37)/t14-,23+/m1/s1. The van der Waals surface area contributed by atoms with Gasteiger partial charge in [-0.3, -0.25) is 18.9 Å². The summed E-state index contributed by atoms with van der Waals surface area (Å²) in [6, 6.07) is 7.89. The molecule has 0 radical (unpaired) electrons. The molecule has 2 atom stereocenters. The molecule has 0 bridgehead atoms. The Hall–Kier alpha value is -4.17. The van der Waals surface area contributed by atoms with E-state index in [0.717, 1.165) is 18.2 Å². The zero-order valence-electron chi connectivity index (χ0n) is 22.1. The number of methoxy groups -OCH3 is 1. The average molecular weight is 622 g/mol. The van der Waals surface area contributed by atoms with Crippen LogP contribution in [0.5, 0.6) is 5.88 Å². The first-order valence-electron chi connectivity index (χ1n) is 12.5. The third-order valence-corrected chi connectivity index (χ3v) is 8.54. The third kappa shape index (κ3) is 5.90. The minimum atomic E-state index is -4.27. The zero-order chi connectivity index (χ0) is 30.4. The van der Waals surface area contributed by atoms with Crippen molar-refractivity contribution in [1.29, 1.82) is 0 Å². The van der Waals surface area contributed by atoms with Crippen molar-refractivity contribution in [3.8, 4) is 17.0 Å². The number of nitrogens with one attached hydrogen (secondary N) is 2. The van der Waals surface area contributed by atoms with Crippen molar-refractivity contribution in [2.24, 2.45) is 5.92 Å². The lowest BCUT2D eigenvalue weighted by Crippen LogP contribution is -2.37. The van der Waals surface area contributed by atoms with Crippen molar-refractivity contribution in [1.82, 2.24) is 19.9 Å². The number of aromatic nitrogens is 3. The minimum absolute atomic E-state index is 0.0415. The molecule has 0 aliphatic heterocycles. The second-order valence-electron chi connectivity index (χ2n) is 9.82. The number of ether oxygens (including phenoxy) is 1. The normalized spacial score (nSPS) is 16.6. The van der Waals surface area contributed by atoms with Gasteiger partial charge in [-0.1, -0.05) is 24.6 Å². The van der Waals surface area contributed by atoms with E-state index in [4.69, 9.17) is 16.3 Å². The predicted octanol–water partition coefficient (Wildman–Crippen LogP) is 4.22. The Bertz CT molecular complexity index is 1890. The van der Waals surface area contributed by atoms with Crippen LogP contribution in [0.3, 0.4) is 0 Å². The van der Waals surface area contributed by atoms with Crippen LogP contribution in [0.4, 0.5) is 18.9 Å². The van der Waals surface area contributed by atoms with Crippen molar-refractivity contribution in [3.63, 3.8) is 0 Å². The van der Waals surface area contributed by atoms with Crippen LogP contribution in [-0.2, 0) is 21.4 Å². The quantitative estimate of drug-likeness (QED) is 0.286. The summed E-state index contributed by atoms with van der Waals surface area (Å²) in [6.45, 7) is 1.44. The Morgan fingerprint density at radius 3 is 2.60 bits per heavy atom. The Morgan fingerprint density at radius 1 is 1.19 bits per heavy atom. The van der Waals surface area contributed by atoms with E-state index in [1.165, 1.54) is 43.3 Å². The van der Waals surface area contributed by atoms with E-state index in [2.05, 4.69) is 20.0 Å². The number of pyridine rings is 1. The Labute approximate surface area is 242 Å². The van der Waals surface area contributed by atoms with Crippen LogP contribution in [0.15, 0.2) is 64.7 Å². The molecular formula is C27H23ClF3N5O5S. The molecule has 1 fully saturated rings. The monoisotopic (exact) mass is 621 g/mol. The summed E-state index contributed by atoms with van der Waals surface area (Å²) in [5.41, 5.74) is 0.750. The van der Waals surface area contributed by atoms with Crippen molar-refractivity contribution < 1.29 is 31.1 Å². The maximum Gasteiger partial charge on any atom is 0.270 e. The molecule has 2 N–H and O–H groups in total. The fraction of sp³-hybridized carbons (Fsp3) is 0.259. The van der Waals surface area contributed by atoms with Gasteiger partial charge in [0.2, 0.25) is 11.8 Å². The van der Waals surface area contributed by atoms with E-state index in [9.17, 15) is 31.2 Å². The molecule has 1 amide bonds. The molecule has 0 unspecified atom stereocenters. The number of hydrogen-bond donors (Lipinski definition) is 2. The molecule has 1 aliphatic carbocycles. The van der Waals surface area contributed by atoms with Crippen LogP contribution in [0.2, 0.25) is 5.02 Å². The number of carbonyl (C=O) groups excluding carboxylic acids is 1. The van der Waals surface area contributed by atoms with Gasteiger partial charge in [-0.2, -0.15) is 0 Å². The van der Waals surface area contributed by atoms with Gasteiger partial charge in [-0.25, -0.2) is 31.6 Å². The van der Waals surface area contributed by atoms with E-state index in [-0.39, 0.29) is 33.4 Å². The maximum absolute atomic E-state index is 13.5. The first kappa shape index (κ1) is 29.3. The molecule has 1 aliphatic rings. The summed E-state index contributed by atoms with van der Waals surface area (Å²) in [5.74, 6) is -5.04. The Balaban J connectivity index is 1.44. The number of rotatable bonds is 9. The molecule has 5 rings (SSSR count). The van der Waals surface area contributed by atoms with E-state index in [0.29, 0.717) is 16.6 Å². The van der Waals surface area contributed by atoms with Crippen LogP contribution in [0.1, 0.15) is 13.3 Å². The summed E-state index contributed by atoms with van der Waals surface area (Å²) >= 11 is 5.95. The molecule has 15 heteroatoms. The van der Waals surface area contributed by atoms with Gasteiger partial charge in [0, 0.05) is 24.7 Å². The summed E-state index contributed by atoms with van der Waals surface area (Å²) in [4.78, 5) is 33.7. The number of benzene rings is 2. The molecule has 42 heavy (non-hydrogen) atoms. The molecule has 10 nitrogen and oxygen atoms in total. The molecule has 2 aromatic carbocycles. The minimum Gasteiger partial charge on any atom is -0.480 e. The van der Waals surface area contributed by atoms with Gasteiger partial charge in [0.1, 0.15) is 16.4 Å². The number of halogens is 4. The number of fused-ring (bicyclic) bond motifs is 1. The molecule has 1 saturated carbocycles. The summed E-state index contributed by atoms with van der Waals surface area (Å²) < 4.78 is 74.6. The molecule has 2 heterocycles. The number of hydrogen-bond acceptors (Lipinski definition) is 7. The topological polar surface area (TPSA) is 132 Å². The van der Waals surface area contributed by atoms with Crippen LogP contribution in [-0.4, -0.2) is 47.9 Å². The zero-order valence-corrected chi connectivity index (χ0v) is 23.6. The van der Waals surface area contributed by atoms with Gasteiger partial charge >= 0.3 is 0 Å². The van der Waals surface area contributed by atoms with Gasteiger partial charge < -0.3 is 10.1 Å². The highest BCUT2D eigenvalue weighted by Gasteiger charge is 2.58. The van der Waals surface area contributed by atoms with Crippen molar-refractivity contribution in [2.75, 3.05) is 11.8 Å². The first-order valence-corrected chi connectivity index (χ1v) is 14.3. The fourth-order valence-corrected chi connectivity index (χ4v) is 5.85. The fourth-order valence-electron chi connectivity index (χ4n) is 4.27. The SMILES string of the molecule is COc1ncc(-c2ccc3ncn(C[C@@H](C)C(=O)N[C@H]4CC4(F)F)c(=O)c3c2)cc1NS(=O)(=O)c1ccc(F)cc1Cl. The van der Waals surface area contributed by atoms with E-state index in [1.54, 1.807) is 12.1 Å². The number of nitrogens with zero attached hydrogens (tertiary/aromatic N) is 3. The summed E-state index contributed by atoms with van der Waals surface area (Å²) in [7, 11) is -2.98. The molecular weight excluding hydrogens is 599 g/mol. The van der Waals surface area contributed by atoms with Gasteiger partial charge in [0.05, 0.1) is 41.3 Å². The average Bonchev–Trinajstić information content (AvgIpc) is 3.54. The van der Waals surface area contributed by atoms with Crippen LogP contribution in [0, 0.1) is 11.7 Å². The number of amides is 1. The predicted molar refractivity (Wildman–Crippen MR) is 149 cm³/mol. The molecule has 2 aromatic heterocycles. The highest BCUT2D eigenvalue weighted by Crippen LogP contribution is 2.41. The van der Waals surface area contributed by atoms with Crippen LogP contribution < -0.4 is 20.3 Å². The van der Waals surface area contributed by atoms with Gasteiger partial charge in [-0.15, -0.1) is 0 Å². The number of carbonyl (C=O) groups is 1. The second-order valence-corrected chi connectivity index (χ2v) is 11.9. The lowest BCUT2D eigenvalue weighted by atomic mass is 10.0. The van der Waals surface area contributed by atoms with Crippen LogP contribution >= 0.6 is 11.6 Å². The third-order valence-electron chi connectivity index (χ3n) is 6.69. The summed E-state index contributed by atoms with van der Waals surface area (Å²) in [6.07, 6.45) is 2.29. The lowest BCUT2D eigenvalue weighted by Gasteiger charge is -2.15. The van der Waals surface area contributed by atoms with Gasteiger partial charge in [-0.05, 0) is 42.0 Å².